The van der Waals surface area contributed by atoms with Crippen LogP contribution in [-0.2, 0) is 11.3 Å². The Morgan fingerprint density at radius 2 is 1.90 bits per heavy atom. The molecule has 9 nitrogen and oxygen atoms in total. The Hall–Kier alpha value is -4.39. The maximum Gasteiger partial charge on any atom is 0.432 e. The molecule has 0 amide bonds. The molecule has 4 aromatic rings. The van der Waals surface area contributed by atoms with Gasteiger partial charge in [-0.15, -0.1) is 0 Å². The highest BCUT2D eigenvalue weighted by atomic mass is 19.4. The third-order valence-electron chi connectivity index (χ3n) is 7.28. The van der Waals surface area contributed by atoms with Crippen LogP contribution in [0.4, 0.5) is 17.6 Å². The summed E-state index contributed by atoms with van der Waals surface area (Å²) in [5.74, 6) is -0.0627. The number of rotatable bonds is 7. The molecular formula is C29H28F4N6O3. The van der Waals surface area contributed by atoms with Crippen LogP contribution in [0.1, 0.15) is 42.8 Å². The predicted octanol–water partition coefficient (Wildman–Crippen LogP) is 5.86. The lowest BCUT2D eigenvalue weighted by molar-refractivity contribution is -0.0963. The van der Waals surface area contributed by atoms with Crippen LogP contribution in [-0.4, -0.2) is 51.4 Å². The van der Waals surface area contributed by atoms with E-state index in [2.05, 4.69) is 20.3 Å². The number of nitrogens with one attached hydrogen (secondary N) is 1. The predicted molar refractivity (Wildman–Crippen MR) is 145 cm³/mol. The summed E-state index contributed by atoms with van der Waals surface area (Å²) >= 11 is 0. The number of halogens is 4. The molecule has 4 heterocycles. The minimum atomic E-state index is -4.46. The Kier molecular flexibility index (Phi) is 7.35. The molecule has 2 aromatic heterocycles. The van der Waals surface area contributed by atoms with Crippen molar-refractivity contribution in [2.24, 2.45) is 0 Å². The van der Waals surface area contributed by atoms with Crippen molar-refractivity contribution in [3.63, 3.8) is 0 Å². The summed E-state index contributed by atoms with van der Waals surface area (Å²) in [5.41, 5.74) is 1.52. The first-order chi connectivity index (χ1) is 20.2. The first-order valence-electron chi connectivity index (χ1n) is 13.4. The lowest BCUT2D eigenvalue weighted by Gasteiger charge is -2.24. The number of allylic oxidation sites excluding steroid dienone is 1. The first-order valence-corrected chi connectivity index (χ1v) is 13.4. The van der Waals surface area contributed by atoms with Crippen LogP contribution in [0.2, 0.25) is 0 Å². The van der Waals surface area contributed by atoms with Gasteiger partial charge in [-0.05, 0) is 42.5 Å². The number of ether oxygens (including phenoxy) is 3. The Bertz CT molecular complexity index is 1620. The lowest BCUT2D eigenvalue weighted by atomic mass is 10.1. The molecule has 1 saturated heterocycles. The SMILES string of the molecule is COc1cccc(F)c1-c1nc(OCc2ccc(C3NC(C(F)(F)F)=CN3C)cc2)c2ncn(C3CCCCO3)c2n1. The van der Waals surface area contributed by atoms with Gasteiger partial charge in [-0.3, -0.25) is 4.57 Å². The van der Waals surface area contributed by atoms with E-state index < -0.39 is 23.9 Å². The molecule has 2 unspecified atom stereocenters. The van der Waals surface area contributed by atoms with Crippen molar-refractivity contribution in [1.82, 2.24) is 29.7 Å². The molecule has 0 saturated carbocycles. The Labute approximate surface area is 238 Å². The highest BCUT2D eigenvalue weighted by molar-refractivity contribution is 5.80. The van der Waals surface area contributed by atoms with Crippen molar-refractivity contribution >= 4 is 11.2 Å². The van der Waals surface area contributed by atoms with Gasteiger partial charge in [-0.2, -0.15) is 18.2 Å². The highest BCUT2D eigenvalue weighted by Crippen LogP contribution is 2.36. The number of benzene rings is 2. The van der Waals surface area contributed by atoms with Gasteiger partial charge in [0.25, 0.3) is 0 Å². The van der Waals surface area contributed by atoms with Crippen molar-refractivity contribution in [2.75, 3.05) is 20.8 Å². The van der Waals surface area contributed by atoms with Crippen LogP contribution in [0.5, 0.6) is 11.6 Å². The van der Waals surface area contributed by atoms with Gasteiger partial charge in [0.15, 0.2) is 17.0 Å². The molecule has 2 atom stereocenters. The first kappa shape index (κ1) is 27.8. The number of hydrogen-bond acceptors (Lipinski definition) is 8. The van der Waals surface area contributed by atoms with Crippen molar-refractivity contribution in [1.29, 1.82) is 0 Å². The molecule has 2 aliphatic rings. The van der Waals surface area contributed by atoms with Crippen LogP contribution in [0.3, 0.4) is 0 Å². The molecule has 42 heavy (non-hydrogen) atoms. The maximum absolute atomic E-state index is 15.0. The lowest BCUT2D eigenvalue weighted by Crippen LogP contribution is -2.28. The monoisotopic (exact) mass is 584 g/mol. The van der Waals surface area contributed by atoms with E-state index in [9.17, 15) is 13.2 Å². The number of methoxy groups -OCH3 is 1. The summed E-state index contributed by atoms with van der Waals surface area (Å²) < 4.78 is 73.7. The van der Waals surface area contributed by atoms with E-state index in [4.69, 9.17) is 14.2 Å². The molecule has 2 aliphatic heterocycles. The number of hydrogen-bond donors (Lipinski definition) is 1. The second kappa shape index (κ2) is 11.1. The Morgan fingerprint density at radius 3 is 2.60 bits per heavy atom. The highest BCUT2D eigenvalue weighted by Gasteiger charge is 2.40. The maximum atomic E-state index is 15.0. The molecule has 0 spiro atoms. The van der Waals surface area contributed by atoms with Gasteiger partial charge in [-0.1, -0.05) is 30.3 Å². The summed E-state index contributed by atoms with van der Waals surface area (Å²) in [5, 5.41) is 2.51. The molecule has 13 heteroatoms. The van der Waals surface area contributed by atoms with Crippen molar-refractivity contribution < 1.29 is 31.8 Å². The zero-order valence-electron chi connectivity index (χ0n) is 22.9. The largest absolute Gasteiger partial charge is 0.496 e. The zero-order chi connectivity index (χ0) is 29.4. The molecule has 0 aliphatic carbocycles. The van der Waals surface area contributed by atoms with Crippen molar-refractivity contribution in [2.45, 2.75) is 44.4 Å². The Morgan fingerprint density at radius 1 is 1.10 bits per heavy atom. The van der Waals surface area contributed by atoms with E-state index in [-0.39, 0.29) is 35.9 Å². The van der Waals surface area contributed by atoms with Gasteiger partial charge in [-0.25, -0.2) is 14.4 Å². The van der Waals surface area contributed by atoms with E-state index >= 15 is 4.39 Å². The fraction of sp³-hybridized carbons (Fsp3) is 0.345. The second-order valence-corrected chi connectivity index (χ2v) is 10.1. The average molecular weight is 585 g/mol. The molecule has 1 N–H and O–H groups in total. The van der Waals surface area contributed by atoms with E-state index in [0.29, 0.717) is 23.3 Å². The number of fused-ring (bicyclic) bond motifs is 1. The van der Waals surface area contributed by atoms with Gasteiger partial charge in [0.1, 0.15) is 36.3 Å². The summed E-state index contributed by atoms with van der Waals surface area (Å²) in [4.78, 5) is 15.2. The molecule has 0 radical (unpaired) electrons. The van der Waals surface area contributed by atoms with Crippen molar-refractivity contribution in [3.05, 3.63) is 77.6 Å². The minimum Gasteiger partial charge on any atom is -0.496 e. The summed E-state index contributed by atoms with van der Waals surface area (Å²) in [6.07, 6.45) is 0.0165. The van der Waals surface area contributed by atoms with E-state index in [0.717, 1.165) is 31.0 Å². The number of nitrogens with zero attached hydrogens (tertiary/aromatic N) is 5. The normalized spacial score (nSPS) is 19.1. The number of imidazole rings is 1. The molecule has 6 rings (SSSR count). The minimum absolute atomic E-state index is 0.0728. The number of alkyl halides is 3. The van der Waals surface area contributed by atoms with Crippen LogP contribution in [0.15, 0.2) is 60.7 Å². The van der Waals surface area contributed by atoms with Gasteiger partial charge in [0, 0.05) is 19.9 Å². The third-order valence-corrected chi connectivity index (χ3v) is 7.28. The second-order valence-electron chi connectivity index (χ2n) is 10.1. The molecular weight excluding hydrogens is 556 g/mol. The van der Waals surface area contributed by atoms with Crippen LogP contribution < -0.4 is 14.8 Å². The fourth-order valence-corrected chi connectivity index (χ4v) is 5.13. The summed E-state index contributed by atoms with van der Waals surface area (Å²) in [6, 6.07) is 11.5. The average Bonchev–Trinajstić information content (AvgIpc) is 3.60. The number of aromatic nitrogens is 4. The Balaban J connectivity index is 1.30. The fourth-order valence-electron chi connectivity index (χ4n) is 5.13. The standard InChI is InChI=1S/C29H28F4N6O3/c1-38-14-21(29(31,32)33)35-26(38)18-11-9-17(10-12-18)15-42-28-24-27(39(16-34-24)22-8-3-4-13-41-22)36-25(37-28)23-19(30)6-5-7-20(23)40-2/h5-7,9-12,14,16,22,26,35H,3-4,8,13,15H2,1-2H3. The third kappa shape index (κ3) is 5.31. The van der Waals surface area contributed by atoms with Crippen LogP contribution in [0, 0.1) is 5.82 Å². The summed E-state index contributed by atoms with van der Waals surface area (Å²) in [6.45, 7) is 0.690. The van der Waals surface area contributed by atoms with E-state index in [1.165, 1.54) is 24.1 Å². The molecule has 0 bridgehead atoms. The van der Waals surface area contributed by atoms with Crippen molar-refractivity contribution in [3.8, 4) is 23.0 Å². The van der Waals surface area contributed by atoms with Crippen LogP contribution in [0.25, 0.3) is 22.6 Å². The van der Waals surface area contributed by atoms with E-state index in [1.807, 2.05) is 4.57 Å². The summed E-state index contributed by atoms with van der Waals surface area (Å²) in [7, 11) is 3.02. The molecule has 1 fully saturated rings. The zero-order valence-corrected chi connectivity index (χ0v) is 22.9. The van der Waals surface area contributed by atoms with Gasteiger partial charge < -0.3 is 24.4 Å². The molecule has 220 valence electrons. The quantitative estimate of drug-likeness (QED) is 0.271. The molecule has 2 aromatic carbocycles. The van der Waals surface area contributed by atoms with E-state index in [1.54, 1.807) is 43.7 Å². The van der Waals surface area contributed by atoms with Gasteiger partial charge >= 0.3 is 6.18 Å². The topological polar surface area (TPSA) is 86.6 Å². The van der Waals surface area contributed by atoms with Gasteiger partial charge in [0.05, 0.1) is 19.0 Å². The van der Waals surface area contributed by atoms with Crippen LogP contribution >= 0.6 is 0 Å². The van der Waals surface area contributed by atoms with Gasteiger partial charge in [0.2, 0.25) is 5.88 Å². The smallest absolute Gasteiger partial charge is 0.432 e.